The number of hydrogen-bond donors (Lipinski definition) is 1. The molecular formula is C15H25N. The topological polar surface area (TPSA) is 12.0 Å². The largest absolute Gasteiger partial charge is 0.316 e. The number of hydrogen-bond acceptors (Lipinski definition) is 1. The normalized spacial score (nSPS) is 11.8. The lowest BCUT2D eigenvalue weighted by molar-refractivity contribution is 0.318. The molecule has 0 spiro atoms. The highest BCUT2D eigenvalue weighted by atomic mass is 14.9. The van der Waals surface area contributed by atoms with Crippen molar-refractivity contribution in [1.29, 1.82) is 0 Å². The minimum Gasteiger partial charge on any atom is -0.316 e. The minimum atomic E-state index is 0.390. The van der Waals surface area contributed by atoms with E-state index in [-0.39, 0.29) is 0 Å². The van der Waals surface area contributed by atoms with Gasteiger partial charge in [0.05, 0.1) is 0 Å². The van der Waals surface area contributed by atoms with Crippen molar-refractivity contribution in [1.82, 2.24) is 5.32 Å². The van der Waals surface area contributed by atoms with Crippen molar-refractivity contribution in [2.24, 2.45) is 5.41 Å². The number of benzene rings is 1. The van der Waals surface area contributed by atoms with Gasteiger partial charge in [-0.15, -0.1) is 0 Å². The Morgan fingerprint density at radius 2 is 1.75 bits per heavy atom. The third-order valence-electron chi connectivity index (χ3n) is 3.06. The summed E-state index contributed by atoms with van der Waals surface area (Å²) in [5.41, 5.74) is 3.19. The zero-order valence-electron chi connectivity index (χ0n) is 11.1. The van der Waals surface area contributed by atoms with Gasteiger partial charge < -0.3 is 5.32 Å². The second-order valence-electron chi connectivity index (χ2n) is 5.43. The maximum atomic E-state index is 3.43. The van der Waals surface area contributed by atoms with E-state index in [4.69, 9.17) is 0 Å². The molecule has 0 atom stereocenters. The molecule has 0 fully saturated rings. The molecule has 0 saturated carbocycles. The summed E-state index contributed by atoms with van der Waals surface area (Å²) in [6.45, 7) is 11.1. The first-order valence-electron chi connectivity index (χ1n) is 6.30. The van der Waals surface area contributed by atoms with Crippen LogP contribution in [0.15, 0.2) is 24.3 Å². The van der Waals surface area contributed by atoms with Crippen LogP contribution in [0.2, 0.25) is 0 Å². The van der Waals surface area contributed by atoms with E-state index in [1.54, 1.807) is 0 Å². The molecule has 1 aromatic rings. The number of nitrogens with one attached hydrogen (secondary N) is 1. The molecule has 1 rings (SSSR count). The first-order valence-corrected chi connectivity index (χ1v) is 6.30. The van der Waals surface area contributed by atoms with Crippen LogP contribution in [0, 0.1) is 12.3 Å². The summed E-state index contributed by atoms with van der Waals surface area (Å²) in [7, 11) is 0. The fourth-order valence-electron chi connectivity index (χ4n) is 1.79. The van der Waals surface area contributed by atoms with Gasteiger partial charge in [0.2, 0.25) is 0 Å². The van der Waals surface area contributed by atoms with Crippen LogP contribution in [0.4, 0.5) is 0 Å². The van der Waals surface area contributed by atoms with Gasteiger partial charge in [-0.2, -0.15) is 0 Å². The molecule has 0 amide bonds. The molecule has 0 aliphatic carbocycles. The monoisotopic (exact) mass is 219 g/mol. The van der Waals surface area contributed by atoms with Crippen LogP contribution in [-0.4, -0.2) is 13.1 Å². The van der Waals surface area contributed by atoms with Crippen LogP contribution >= 0.6 is 0 Å². The van der Waals surface area contributed by atoms with Gasteiger partial charge in [-0.3, -0.25) is 0 Å². The number of aryl methyl sites for hydroxylation is 2. The maximum Gasteiger partial charge on any atom is 0.000251 e. The van der Waals surface area contributed by atoms with Crippen LogP contribution in [0.1, 0.15) is 38.3 Å². The Morgan fingerprint density at radius 3 is 2.31 bits per heavy atom. The predicted molar refractivity (Wildman–Crippen MR) is 71.8 cm³/mol. The van der Waals surface area contributed by atoms with Gasteiger partial charge in [0.25, 0.3) is 0 Å². The van der Waals surface area contributed by atoms with Crippen molar-refractivity contribution in [3.8, 4) is 0 Å². The lowest BCUT2D eigenvalue weighted by Gasteiger charge is -2.24. The molecule has 1 N–H and O–H groups in total. The van der Waals surface area contributed by atoms with Gasteiger partial charge in [-0.05, 0) is 37.3 Å². The van der Waals surface area contributed by atoms with Crippen molar-refractivity contribution >= 4 is 0 Å². The summed E-state index contributed by atoms with van der Waals surface area (Å²) in [4.78, 5) is 0. The van der Waals surface area contributed by atoms with E-state index >= 15 is 0 Å². The van der Waals surface area contributed by atoms with Crippen molar-refractivity contribution in [3.05, 3.63) is 35.4 Å². The zero-order valence-corrected chi connectivity index (χ0v) is 11.1. The quantitative estimate of drug-likeness (QED) is 0.771. The van der Waals surface area contributed by atoms with Crippen LogP contribution in [0.5, 0.6) is 0 Å². The predicted octanol–water partition coefficient (Wildman–Crippen LogP) is 3.56. The SMILES string of the molecule is CCNCC(C)(C)CCc1ccc(C)cc1. The second-order valence-corrected chi connectivity index (χ2v) is 5.43. The Bertz CT molecular complexity index is 298. The van der Waals surface area contributed by atoms with Crippen molar-refractivity contribution < 1.29 is 0 Å². The highest BCUT2D eigenvalue weighted by molar-refractivity contribution is 5.21. The summed E-state index contributed by atoms with van der Waals surface area (Å²) < 4.78 is 0. The summed E-state index contributed by atoms with van der Waals surface area (Å²) >= 11 is 0. The molecule has 1 heteroatoms. The Kier molecular flexibility index (Phi) is 5.01. The smallest absolute Gasteiger partial charge is 0.000251 e. The average molecular weight is 219 g/mol. The Balaban J connectivity index is 2.41. The molecule has 90 valence electrons. The first-order chi connectivity index (χ1) is 7.53. The minimum absolute atomic E-state index is 0.390. The second kappa shape index (κ2) is 6.05. The molecule has 0 aliphatic heterocycles. The van der Waals surface area contributed by atoms with E-state index < -0.39 is 0 Å². The molecule has 1 nitrogen and oxygen atoms in total. The summed E-state index contributed by atoms with van der Waals surface area (Å²) in [5.74, 6) is 0. The van der Waals surface area contributed by atoms with Gasteiger partial charge in [-0.1, -0.05) is 50.6 Å². The molecule has 0 aromatic heterocycles. The Labute approximate surface area is 100 Å². The van der Waals surface area contributed by atoms with Crippen molar-refractivity contribution in [2.75, 3.05) is 13.1 Å². The van der Waals surface area contributed by atoms with Crippen LogP contribution in [0.3, 0.4) is 0 Å². The van der Waals surface area contributed by atoms with Gasteiger partial charge in [0.1, 0.15) is 0 Å². The molecule has 0 radical (unpaired) electrons. The lowest BCUT2D eigenvalue weighted by atomic mass is 9.86. The summed E-state index contributed by atoms with van der Waals surface area (Å²) in [6, 6.07) is 8.90. The Morgan fingerprint density at radius 1 is 1.12 bits per heavy atom. The van der Waals surface area contributed by atoms with Crippen molar-refractivity contribution in [3.63, 3.8) is 0 Å². The highest BCUT2D eigenvalue weighted by Gasteiger charge is 2.16. The van der Waals surface area contributed by atoms with E-state index in [1.807, 2.05) is 0 Å². The molecule has 0 bridgehead atoms. The van der Waals surface area contributed by atoms with E-state index in [1.165, 1.54) is 24.0 Å². The van der Waals surface area contributed by atoms with E-state index in [9.17, 15) is 0 Å². The van der Waals surface area contributed by atoms with Gasteiger partial charge in [-0.25, -0.2) is 0 Å². The van der Waals surface area contributed by atoms with Crippen molar-refractivity contribution in [2.45, 2.75) is 40.5 Å². The van der Waals surface area contributed by atoms with E-state index in [0.717, 1.165) is 13.1 Å². The maximum absolute atomic E-state index is 3.43. The highest BCUT2D eigenvalue weighted by Crippen LogP contribution is 2.22. The molecule has 1 aromatic carbocycles. The molecular weight excluding hydrogens is 194 g/mol. The van der Waals surface area contributed by atoms with Gasteiger partial charge in [0, 0.05) is 6.54 Å². The zero-order chi connectivity index (χ0) is 12.0. The molecule has 0 heterocycles. The standard InChI is InChI=1S/C15H25N/c1-5-16-12-15(3,4)11-10-14-8-6-13(2)7-9-14/h6-9,16H,5,10-12H2,1-4H3. The molecule has 16 heavy (non-hydrogen) atoms. The van der Waals surface area contributed by atoms with Crippen LogP contribution in [0.25, 0.3) is 0 Å². The van der Waals surface area contributed by atoms with Gasteiger partial charge in [0.15, 0.2) is 0 Å². The third-order valence-corrected chi connectivity index (χ3v) is 3.06. The fraction of sp³-hybridized carbons (Fsp3) is 0.600. The van der Waals surface area contributed by atoms with E-state index in [0.29, 0.717) is 5.41 Å². The Hall–Kier alpha value is -0.820. The third kappa shape index (κ3) is 4.80. The van der Waals surface area contributed by atoms with Gasteiger partial charge >= 0.3 is 0 Å². The molecule has 0 unspecified atom stereocenters. The van der Waals surface area contributed by atoms with E-state index in [2.05, 4.69) is 57.3 Å². The lowest BCUT2D eigenvalue weighted by Crippen LogP contribution is -2.29. The molecule has 0 aliphatic rings. The first kappa shape index (κ1) is 13.2. The summed E-state index contributed by atoms with van der Waals surface area (Å²) in [5, 5.41) is 3.43. The van der Waals surface area contributed by atoms with Crippen LogP contribution in [-0.2, 0) is 6.42 Å². The summed E-state index contributed by atoms with van der Waals surface area (Å²) in [6.07, 6.45) is 2.42. The average Bonchev–Trinajstić information content (AvgIpc) is 2.26. The molecule has 0 saturated heterocycles. The fourth-order valence-corrected chi connectivity index (χ4v) is 1.79. The van der Waals surface area contributed by atoms with Crippen LogP contribution < -0.4 is 5.32 Å². The number of rotatable bonds is 6.